The van der Waals surface area contributed by atoms with Crippen LogP contribution in [-0.4, -0.2) is 20.9 Å². The fraction of sp³-hybridized carbons (Fsp3) is 0.600. The van der Waals surface area contributed by atoms with Crippen LogP contribution in [-0.2, 0) is 4.79 Å². The average molecular weight is 211 g/mol. The molecule has 1 atom stereocenters. The van der Waals surface area contributed by atoms with Crippen LogP contribution in [0, 0.1) is 0 Å². The minimum atomic E-state index is -0.818. The van der Waals surface area contributed by atoms with Gasteiger partial charge in [0.05, 0.1) is 6.20 Å². The van der Waals surface area contributed by atoms with E-state index in [1.807, 2.05) is 24.7 Å². The third kappa shape index (κ3) is 3.36. The molecule has 0 radical (unpaired) electrons. The van der Waals surface area contributed by atoms with Crippen LogP contribution >= 0.6 is 0 Å². The van der Waals surface area contributed by atoms with Crippen LogP contribution in [0.3, 0.4) is 0 Å². The maximum atomic E-state index is 10.4. The van der Waals surface area contributed by atoms with Gasteiger partial charge in [0.1, 0.15) is 0 Å². The average Bonchev–Trinajstić information content (AvgIpc) is 2.62. The highest BCUT2D eigenvalue weighted by atomic mass is 16.4. The molecule has 0 aromatic carbocycles. The Bertz CT molecular complexity index is 333. The van der Waals surface area contributed by atoms with E-state index >= 15 is 0 Å². The molecule has 5 nitrogen and oxygen atoms in total. The van der Waals surface area contributed by atoms with Gasteiger partial charge in [-0.1, -0.05) is 0 Å². The Morgan fingerprint density at radius 1 is 1.67 bits per heavy atom. The first kappa shape index (κ1) is 11.7. The topological polar surface area (TPSA) is 81.1 Å². The summed E-state index contributed by atoms with van der Waals surface area (Å²) in [6, 6.07) is 0.0547. The minimum Gasteiger partial charge on any atom is -0.481 e. The van der Waals surface area contributed by atoms with Gasteiger partial charge in [0, 0.05) is 30.3 Å². The Balaban J connectivity index is 2.57. The normalized spacial score (nSPS) is 13.1. The molecule has 1 aromatic heterocycles. The van der Waals surface area contributed by atoms with Crippen molar-refractivity contribution in [1.29, 1.82) is 0 Å². The summed E-state index contributed by atoms with van der Waals surface area (Å²) in [5.41, 5.74) is 6.73. The summed E-state index contributed by atoms with van der Waals surface area (Å²) in [6.45, 7) is 4.05. The van der Waals surface area contributed by atoms with Crippen LogP contribution in [0.4, 0.5) is 0 Å². The largest absolute Gasteiger partial charge is 0.481 e. The Morgan fingerprint density at radius 2 is 2.33 bits per heavy atom. The predicted octanol–water partition coefficient (Wildman–Crippen LogP) is 1.33. The second-order valence-corrected chi connectivity index (χ2v) is 3.89. The second-order valence-electron chi connectivity index (χ2n) is 3.89. The number of hydrogen-bond donors (Lipinski definition) is 2. The minimum absolute atomic E-state index is 0.0913. The molecule has 0 aliphatic carbocycles. The Hall–Kier alpha value is -1.36. The van der Waals surface area contributed by atoms with Crippen LogP contribution in [0.1, 0.15) is 44.3 Å². The third-order valence-electron chi connectivity index (χ3n) is 2.25. The summed E-state index contributed by atoms with van der Waals surface area (Å²) in [6.07, 6.45) is 4.11. The molecule has 1 rings (SSSR count). The zero-order valence-corrected chi connectivity index (χ0v) is 9.05. The molecule has 0 spiro atoms. The Morgan fingerprint density at radius 3 is 2.80 bits per heavy atom. The highest BCUT2D eigenvalue weighted by molar-refractivity contribution is 5.66. The van der Waals surface area contributed by atoms with Crippen molar-refractivity contribution < 1.29 is 9.90 Å². The molecule has 5 heteroatoms. The Kier molecular flexibility index (Phi) is 3.85. The first-order chi connectivity index (χ1) is 7.00. The quantitative estimate of drug-likeness (QED) is 0.769. The molecule has 1 unspecified atom stereocenters. The fourth-order valence-corrected chi connectivity index (χ4v) is 1.27. The number of aromatic nitrogens is 2. The molecule has 0 fully saturated rings. The second kappa shape index (κ2) is 4.93. The summed E-state index contributed by atoms with van der Waals surface area (Å²) < 4.78 is 1.82. The highest BCUT2D eigenvalue weighted by Crippen LogP contribution is 2.16. The molecular weight excluding hydrogens is 194 g/mol. The van der Waals surface area contributed by atoms with Gasteiger partial charge in [-0.25, -0.2) is 0 Å². The van der Waals surface area contributed by atoms with Gasteiger partial charge in [-0.2, -0.15) is 5.10 Å². The van der Waals surface area contributed by atoms with Gasteiger partial charge in [0.15, 0.2) is 0 Å². The molecule has 3 N–H and O–H groups in total. The lowest BCUT2D eigenvalue weighted by atomic mass is 10.1. The maximum absolute atomic E-state index is 10.4. The Labute approximate surface area is 88.9 Å². The van der Waals surface area contributed by atoms with Crippen molar-refractivity contribution in [3.8, 4) is 0 Å². The molecule has 0 aliphatic heterocycles. The van der Waals surface area contributed by atoms with E-state index in [1.165, 1.54) is 0 Å². The first-order valence-electron chi connectivity index (χ1n) is 5.02. The molecule has 0 amide bonds. The molecule has 0 saturated carbocycles. The van der Waals surface area contributed by atoms with E-state index in [4.69, 9.17) is 10.8 Å². The number of hydrogen-bond acceptors (Lipinski definition) is 3. The van der Waals surface area contributed by atoms with Crippen molar-refractivity contribution in [2.24, 2.45) is 5.73 Å². The number of carboxylic acid groups (broad SMARTS) is 1. The van der Waals surface area contributed by atoms with Crippen molar-refractivity contribution >= 4 is 5.97 Å². The van der Waals surface area contributed by atoms with Gasteiger partial charge in [-0.3, -0.25) is 9.48 Å². The standard InChI is InChI=1S/C10H17N3O2/c1-7(2)13-6-8(5-12-13)9(11)3-4-10(14)15/h5-7,9H,3-4,11H2,1-2H3,(H,14,15). The first-order valence-corrected chi connectivity index (χ1v) is 5.02. The third-order valence-corrected chi connectivity index (χ3v) is 2.25. The van der Waals surface area contributed by atoms with Crippen molar-refractivity contribution in [2.45, 2.75) is 38.8 Å². The predicted molar refractivity (Wildman–Crippen MR) is 56.4 cm³/mol. The van der Waals surface area contributed by atoms with Gasteiger partial charge in [0.25, 0.3) is 0 Å². The van der Waals surface area contributed by atoms with Crippen LogP contribution in [0.25, 0.3) is 0 Å². The fourth-order valence-electron chi connectivity index (χ4n) is 1.27. The summed E-state index contributed by atoms with van der Waals surface area (Å²) in [4.78, 5) is 10.4. The molecule has 1 aromatic rings. The summed E-state index contributed by atoms with van der Waals surface area (Å²) in [5, 5.41) is 12.7. The number of nitrogens with two attached hydrogens (primary N) is 1. The van der Waals surface area contributed by atoms with Crippen LogP contribution in [0.2, 0.25) is 0 Å². The lowest BCUT2D eigenvalue weighted by Gasteiger charge is -2.07. The van der Waals surface area contributed by atoms with E-state index < -0.39 is 5.97 Å². The maximum Gasteiger partial charge on any atom is 0.303 e. The van der Waals surface area contributed by atoms with E-state index in [1.54, 1.807) is 6.20 Å². The summed E-state index contributed by atoms with van der Waals surface area (Å²) in [7, 11) is 0. The zero-order chi connectivity index (χ0) is 11.4. The number of carbonyl (C=O) groups is 1. The summed E-state index contributed by atoms with van der Waals surface area (Å²) >= 11 is 0. The lowest BCUT2D eigenvalue weighted by Crippen LogP contribution is -2.11. The van der Waals surface area contributed by atoms with Crippen molar-refractivity contribution in [1.82, 2.24) is 9.78 Å². The lowest BCUT2D eigenvalue weighted by molar-refractivity contribution is -0.137. The van der Waals surface area contributed by atoms with Crippen LogP contribution < -0.4 is 5.73 Å². The zero-order valence-electron chi connectivity index (χ0n) is 9.05. The molecular formula is C10H17N3O2. The van der Waals surface area contributed by atoms with Crippen LogP contribution in [0.5, 0.6) is 0 Å². The number of rotatable bonds is 5. The van der Waals surface area contributed by atoms with Gasteiger partial charge in [0.2, 0.25) is 0 Å². The smallest absolute Gasteiger partial charge is 0.303 e. The highest BCUT2D eigenvalue weighted by Gasteiger charge is 2.11. The van der Waals surface area contributed by atoms with E-state index in [9.17, 15) is 4.79 Å². The van der Waals surface area contributed by atoms with Crippen LogP contribution in [0.15, 0.2) is 12.4 Å². The number of carboxylic acids is 1. The molecule has 1 heterocycles. The number of nitrogens with zero attached hydrogens (tertiary/aromatic N) is 2. The van der Waals surface area contributed by atoms with E-state index in [0.29, 0.717) is 12.5 Å². The van der Waals surface area contributed by atoms with Crippen molar-refractivity contribution in [3.63, 3.8) is 0 Å². The van der Waals surface area contributed by atoms with Gasteiger partial charge >= 0.3 is 5.97 Å². The molecule has 0 aliphatic rings. The van der Waals surface area contributed by atoms with Crippen molar-refractivity contribution in [2.75, 3.05) is 0 Å². The molecule has 0 bridgehead atoms. The summed E-state index contributed by atoms with van der Waals surface area (Å²) in [5.74, 6) is -0.818. The van der Waals surface area contributed by atoms with Gasteiger partial charge in [-0.15, -0.1) is 0 Å². The van der Waals surface area contributed by atoms with E-state index in [0.717, 1.165) is 5.56 Å². The van der Waals surface area contributed by atoms with E-state index in [-0.39, 0.29) is 12.5 Å². The van der Waals surface area contributed by atoms with Gasteiger partial charge in [-0.05, 0) is 20.3 Å². The van der Waals surface area contributed by atoms with Crippen molar-refractivity contribution in [3.05, 3.63) is 18.0 Å². The molecule has 84 valence electrons. The van der Waals surface area contributed by atoms with E-state index in [2.05, 4.69) is 5.10 Å². The SMILES string of the molecule is CC(C)n1cc(C(N)CCC(=O)O)cn1. The monoisotopic (exact) mass is 211 g/mol. The number of aliphatic carboxylic acids is 1. The van der Waals surface area contributed by atoms with Gasteiger partial charge < -0.3 is 10.8 Å². The molecule has 15 heavy (non-hydrogen) atoms. The molecule has 0 saturated heterocycles.